The molecule has 0 N–H and O–H groups in total. The third-order valence-corrected chi connectivity index (χ3v) is 2.50. The Morgan fingerprint density at radius 2 is 1.79 bits per heavy atom. The van der Waals surface area contributed by atoms with Crippen molar-refractivity contribution in [2.24, 2.45) is 5.41 Å². The predicted octanol–water partition coefficient (Wildman–Crippen LogP) is 1.15. The van der Waals surface area contributed by atoms with E-state index in [0.717, 1.165) is 0 Å². The average Bonchev–Trinajstić information content (AvgIpc) is 2.34. The predicted molar refractivity (Wildman–Crippen MR) is 65.0 cm³/mol. The van der Waals surface area contributed by atoms with Crippen LogP contribution >= 0.6 is 0 Å². The van der Waals surface area contributed by atoms with Crippen molar-refractivity contribution < 1.29 is 19.4 Å². The fourth-order valence-electron chi connectivity index (χ4n) is 1.41. The molecule has 1 rings (SSSR count). The quantitative estimate of drug-likeness (QED) is 0.760. The number of ether oxygens (including phenoxy) is 1. The molecule has 0 heterocycles. The molecule has 0 bridgehead atoms. The van der Waals surface area contributed by atoms with Gasteiger partial charge in [0.2, 0.25) is 0 Å². The maximum atomic E-state index is 11.9. The van der Waals surface area contributed by atoms with Crippen molar-refractivity contribution >= 4 is 11.9 Å². The first-order valence-electron chi connectivity index (χ1n) is 5.68. The molecule has 1 atom stereocenters. The highest BCUT2D eigenvalue weighted by molar-refractivity contribution is 6.01. The lowest BCUT2D eigenvalue weighted by Gasteiger charge is -2.24. The zero-order valence-corrected chi connectivity index (χ0v) is 11.0. The van der Waals surface area contributed by atoms with Crippen LogP contribution in [0.4, 0.5) is 0 Å². The van der Waals surface area contributed by atoms with Gasteiger partial charge in [0.05, 0.1) is 11.5 Å². The van der Waals surface area contributed by atoms with E-state index in [4.69, 9.17) is 10.00 Å². The van der Waals surface area contributed by atoms with E-state index in [1.807, 2.05) is 6.07 Å². The molecule has 19 heavy (non-hydrogen) atoms. The summed E-state index contributed by atoms with van der Waals surface area (Å²) in [6.45, 7) is 5.25. The molecule has 1 aromatic rings. The van der Waals surface area contributed by atoms with Crippen LogP contribution in [0.25, 0.3) is 0 Å². The topological polar surface area (TPSA) is 90.2 Å². The largest absolute Gasteiger partial charge is 0.545 e. The number of carbonyl (C=O) groups excluding carboxylic acids is 2. The van der Waals surface area contributed by atoms with E-state index in [-0.39, 0.29) is 11.1 Å². The van der Waals surface area contributed by atoms with Gasteiger partial charge in [0.15, 0.2) is 6.10 Å². The number of nitriles is 1. The molecular weight excluding hydrogens is 246 g/mol. The summed E-state index contributed by atoms with van der Waals surface area (Å²) >= 11 is 0. The van der Waals surface area contributed by atoms with Gasteiger partial charge in [-0.15, -0.1) is 0 Å². The number of hydrogen-bond acceptors (Lipinski definition) is 5. The zero-order valence-electron chi connectivity index (χ0n) is 11.0. The van der Waals surface area contributed by atoms with Crippen molar-refractivity contribution in [2.75, 3.05) is 0 Å². The van der Waals surface area contributed by atoms with Gasteiger partial charge in [0.1, 0.15) is 6.07 Å². The van der Waals surface area contributed by atoms with E-state index in [0.29, 0.717) is 0 Å². The van der Waals surface area contributed by atoms with Crippen molar-refractivity contribution in [3.8, 4) is 6.07 Å². The Kier molecular flexibility index (Phi) is 4.28. The Balaban J connectivity index is 3.03. The van der Waals surface area contributed by atoms with Gasteiger partial charge in [-0.25, -0.2) is 4.79 Å². The summed E-state index contributed by atoms with van der Waals surface area (Å²) in [6.07, 6.45) is -0.963. The van der Waals surface area contributed by atoms with E-state index in [9.17, 15) is 14.7 Å². The summed E-state index contributed by atoms with van der Waals surface area (Å²) in [5.74, 6) is -2.31. The van der Waals surface area contributed by atoms with E-state index >= 15 is 0 Å². The molecule has 0 aliphatic rings. The lowest BCUT2D eigenvalue weighted by molar-refractivity contribution is -0.255. The summed E-state index contributed by atoms with van der Waals surface area (Å²) in [7, 11) is 0. The molecular formula is C14H14NO4-. The first-order valence-corrected chi connectivity index (χ1v) is 5.68. The number of carbonyl (C=O) groups is 2. The van der Waals surface area contributed by atoms with Gasteiger partial charge in [0.25, 0.3) is 0 Å². The summed E-state index contributed by atoms with van der Waals surface area (Å²) in [6, 6.07) is 7.46. The molecule has 0 radical (unpaired) electrons. The number of esters is 1. The number of benzene rings is 1. The summed E-state index contributed by atoms with van der Waals surface area (Å²) in [4.78, 5) is 22.8. The van der Waals surface area contributed by atoms with Crippen molar-refractivity contribution in [1.82, 2.24) is 0 Å². The van der Waals surface area contributed by atoms with Gasteiger partial charge in [-0.05, 0) is 6.07 Å². The van der Waals surface area contributed by atoms with Crippen LogP contribution in [-0.4, -0.2) is 18.0 Å². The molecule has 0 fully saturated rings. The Hall–Kier alpha value is -2.35. The van der Waals surface area contributed by atoms with Gasteiger partial charge in [0, 0.05) is 11.0 Å². The SMILES string of the molecule is CC(C)(C)[C@@H](C#N)OC(=O)c1ccccc1C(=O)[O-]. The van der Waals surface area contributed by atoms with Crippen molar-refractivity contribution in [1.29, 1.82) is 5.26 Å². The number of carboxylic acids is 1. The fourth-order valence-corrected chi connectivity index (χ4v) is 1.41. The maximum Gasteiger partial charge on any atom is 0.340 e. The average molecular weight is 260 g/mol. The van der Waals surface area contributed by atoms with E-state index in [1.54, 1.807) is 20.8 Å². The van der Waals surface area contributed by atoms with Gasteiger partial charge in [-0.3, -0.25) is 0 Å². The van der Waals surface area contributed by atoms with Crippen molar-refractivity contribution in [3.05, 3.63) is 35.4 Å². The molecule has 0 saturated carbocycles. The van der Waals surface area contributed by atoms with Crippen LogP contribution in [0.2, 0.25) is 0 Å². The number of hydrogen-bond donors (Lipinski definition) is 0. The minimum absolute atomic E-state index is 0.119. The standard InChI is InChI=1S/C14H15NO4/c1-14(2,3)11(8-15)19-13(18)10-7-5-4-6-9(10)12(16)17/h4-7,11H,1-3H3,(H,16,17)/p-1/t11-/m1/s1. The van der Waals surface area contributed by atoms with E-state index in [2.05, 4.69) is 0 Å². The number of nitrogens with zero attached hydrogens (tertiary/aromatic N) is 1. The molecule has 1 aromatic carbocycles. The Morgan fingerprint density at radius 1 is 1.26 bits per heavy atom. The first kappa shape index (κ1) is 14.7. The van der Waals surface area contributed by atoms with Gasteiger partial charge >= 0.3 is 5.97 Å². The van der Waals surface area contributed by atoms with Crippen molar-refractivity contribution in [2.45, 2.75) is 26.9 Å². The molecule has 5 heteroatoms. The lowest BCUT2D eigenvalue weighted by Crippen LogP contribution is -2.31. The van der Waals surface area contributed by atoms with Crippen LogP contribution in [0.3, 0.4) is 0 Å². The van der Waals surface area contributed by atoms with Gasteiger partial charge < -0.3 is 14.6 Å². The highest BCUT2D eigenvalue weighted by Crippen LogP contribution is 2.23. The molecule has 0 spiro atoms. The molecule has 100 valence electrons. The van der Waals surface area contributed by atoms with E-state index in [1.165, 1.54) is 24.3 Å². The van der Waals surface area contributed by atoms with Gasteiger partial charge in [-0.2, -0.15) is 5.26 Å². The summed E-state index contributed by atoms with van der Waals surface area (Å²) in [5, 5.41) is 19.9. The normalized spacial score (nSPS) is 12.3. The van der Waals surface area contributed by atoms with Gasteiger partial charge in [-0.1, -0.05) is 39.0 Å². The third kappa shape index (κ3) is 3.55. The van der Waals surface area contributed by atoms with E-state index < -0.39 is 23.5 Å². The number of carboxylic acid groups (broad SMARTS) is 1. The number of rotatable bonds is 3. The molecule has 0 aliphatic heterocycles. The minimum atomic E-state index is -1.46. The van der Waals surface area contributed by atoms with Crippen LogP contribution in [0.1, 0.15) is 41.5 Å². The number of aromatic carboxylic acids is 1. The Labute approximate surface area is 111 Å². The molecule has 0 aliphatic carbocycles. The third-order valence-electron chi connectivity index (χ3n) is 2.50. The first-order chi connectivity index (χ1) is 8.77. The monoisotopic (exact) mass is 260 g/mol. The zero-order chi connectivity index (χ0) is 14.6. The Bertz CT molecular complexity index is 537. The smallest absolute Gasteiger partial charge is 0.340 e. The fraction of sp³-hybridized carbons (Fsp3) is 0.357. The van der Waals surface area contributed by atoms with Crippen LogP contribution in [0.15, 0.2) is 24.3 Å². The second-order valence-corrected chi connectivity index (χ2v) is 5.11. The van der Waals surface area contributed by atoms with Crippen LogP contribution < -0.4 is 5.11 Å². The lowest BCUT2D eigenvalue weighted by atomic mass is 9.90. The summed E-state index contributed by atoms with van der Waals surface area (Å²) < 4.78 is 5.05. The summed E-state index contributed by atoms with van der Waals surface area (Å²) in [5.41, 5.74) is -0.925. The maximum absolute atomic E-state index is 11.9. The highest BCUT2D eigenvalue weighted by atomic mass is 16.5. The minimum Gasteiger partial charge on any atom is -0.545 e. The molecule has 0 saturated heterocycles. The second kappa shape index (κ2) is 5.53. The molecule has 5 nitrogen and oxygen atoms in total. The van der Waals surface area contributed by atoms with Crippen LogP contribution in [0, 0.1) is 16.7 Å². The molecule has 0 unspecified atom stereocenters. The highest BCUT2D eigenvalue weighted by Gasteiger charge is 2.29. The molecule has 0 amide bonds. The molecule has 0 aromatic heterocycles. The Morgan fingerprint density at radius 3 is 2.21 bits per heavy atom. The van der Waals surface area contributed by atoms with Crippen LogP contribution in [-0.2, 0) is 4.74 Å². The second-order valence-electron chi connectivity index (χ2n) is 5.11. The van der Waals surface area contributed by atoms with Crippen LogP contribution in [0.5, 0.6) is 0 Å². The van der Waals surface area contributed by atoms with Crippen molar-refractivity contribution in [3.63, 3.8) is 0 Å².